The van der Waals surface area contributed by atoms with Crippen LogP contribution in [0.3, 0.4) is 0 Å². The van der Waals surface area contributed by atoms with E-state index in [0.717, 1.165) is 42.9 Å². The summed E-state index contributed by atoms with van der Waals surface area (Å²) in [6.07, 6.45) is 3.91. The fourth-order valence-corrected chi connectivity index (χ4v) is 5.77. The lowest BCUT2D eigenvalue weighted by atomic mass is 9.97. The van der Waals surface area contributed by atoms with Gasteiger partial charge in [0.25, 0.3) is 11.5 Å². The van der Waals surface area contributed by atoms with Crippen LogP contribution in [0, 0.1) is 24.2 Å². The Kier molecular flexibility index (Phi) is 7.24. The van der Waals surface area contributed by atoms with Crippen LogP contribution in [0.4, 0.5) is 5.82 Å². The van der Waals surface area contributed by atoms with Crippen LogP contribution in [0.1, 0.15) is 48.9 Å². The van der Waals surface area contributed by atoms with Crippen LogP contribution in [-0.2, 0) is 17.9 Å². The first kappa shape index (κ1) is 24.2. The van der Waals surface area contributed by atoms with E-state index >= 15 is 0 Å². The number of carbonyl (C=O) groups is 1. The van der Waals surface area contributed by atoms with Gasteiger partial charge >= 0.3 is 0 Å². The van der Waals surface area contributed by atoms with Gasteiger partial charge in [0.2, 0.25) is 0 Å². The lowest BCUT2D eigenvalue weighted by molar-refractivity contribution is -0.122. The van der Waals surface area contributed by atoms with Crippen LogP contribution in [0.5, 0.6) is 0 Å². The number of pyridine rings is 1. The van der Waals surface area contributed by atoms with Crippen LogP contribution in [0.25, 0.3) is 6.08 Å². The minimum absolute atomic E-state index is 0.127. The summed E-state index contributed by atoms with van der Waals surface area (Å²) in [6.45, 7) is 8.49. The molecule has 6 nitrogen and oxygen atoms in total. The van der Waals surface area contributed by atoms with Crippen molar-refractivity contribution in [3.63, 3.8) is 0 Å². The topological polar surface area (TPSA) is 69.3 Å². The number of amides is 1. The first-order valence-electron chi connectivity index (χ1n) is 11.6. The smallest absolute Gasteiger partial charge is 0.270 e. The maximum absolute atomic E-state index is 13.3. The van der Waals surface area contributed by atoms with Gasteiger partial charge in [-0.2, -0.15) is 5.26 Å². The van der Waals surface area contributed by atoms with Gasteiger partial charge in [0.15, 0.2) is 0 Å². The van der Waals surface area contributed by atoms with Crippen molar-refractivity contribution >= 4 is 46.1 Å². The number of anilines is 1. The number of hydrogen-bond donors (Lipinski definition) is 0. The Bertz CT molecular complexity index is 1250. The summed E-state index contributed by atoms with van der Waals surface area (Å²) in [7, 11) is 0. The second-order valence-corrected chi connectivity index (χ2v) is 10.5. The number of aromatic nitrogens is 1. The standard InChI is InChI=1S/C26H28N4O2S2/c1-4-29-23(28-12-10-17(2)11-13-28)20(18(3)21(15-27)24(29)31)14-22-25(32)30(26(33)34-22)16-19-8-6-5-7-9-19/h5-9,14,17H,4,10-13,16H2,1-3H3/b22-14-. The van der Waals surface area contributed by atoms with E-state index in [2.05, 4.69) is 17.9 Å². The van der Waals surface area contributed by atoms with Gasteiger partial charge in [-0.1, -0.05) is 61.2 Å². The Hall–Kier alpha value is -2.89. The summed E-state index contributed by atoms with van der Waals surface area (Å²) in [5, 5.41) is 9.74. The second kappa shape index (κ2) is 10.2. The monoisotopic (exact) mass is 492 g/mol. The quantitative estimate of drug-likeness (QED) is 0.446. The molecule has 0 atom stereocenters. The fraction of sp³-hybridized carbons (Fsp3) is 0.385. The summed E-state index contributed by atoms with van der Waals surface area (Å²) in [5.41, 5.74) is 2.23. The van der Waals surface area contributed by atoms with Crippen molar-refractivity contribution in [2.75, 3.05) is 18.0 Å². The molecule has 0 saturated carbocycles. The molecule has 1 aromatic heterocycles. The summed E-state index contributed by atoms with van der Waals surface area (Å²) in [6, 6.07) is 11.9. The van der Waals surface area contributed by atoms with E-state index in [0.29, 0.717) is 33.8 Å². The van der Waals surface area contributed by atoms with Crippen LogP contribution in [-0.4, -0.2) is 32.8 Å². The van der Waals surface area contributed by atoms with Gasteiger partial charge in [0.1, 0.15) is 21.8 Å². The van der Waals surface area contributed by atoms with Gasteiger partial charge in [0, 0.05) is 25.2 Å². The Morgan fingerprint density at radius 1 is 1.21 bits per heavy atom. The molecule has 4 rings (SSSR count). The highest BCUT2D eigenvalue weighted by Crippen LogP contribution is 2.37. The molecular formula is C26H28N4O2S2. The van der Waals surface area contributed by atoms with Crippen molar-refractivity contribution in [2.45, 2.75) is 46.7 Å². The molecule has 0 bridgehead atoms. The molecule has 3 heterocycles. The largest absolute Gasteiger partial charge is 0.357 e. The van der Waals surface area contributed by atoms with E-state index in [1.54, 1.807) is 16.4 Å². The molecule has 0 spiro atoms. The zero-order chi connectivity index (χ0) is 24.4. The number of thiocarbonyl (C=S) groups is 1. The molecule has 2 saturated heterocycles. The van der Waals surface area contributed by atoms with E-state index in [9.17, 15) is 14.9 Å². The predicted molar refractivity (Wildman–Crippen MR) is 142 cm³/mol. The molecule has 34 heavy (non-hydrogen) atoms. The lowest BCUT2D eigenvalue weighted by Gasteiger charge is -2.35. The molecule has 1 aromatic carbocycles. The van der Waals surface area contributed by atoms with Crippen molar-refractivity contribution < 1.29 is 4.79 Å². The number of hydrogen-bond acceptors (Lipinski definition) is 6. The summed E-state index contributed by atoms with van der Waals surface area (Å²) in [5.74, 6) is 1.28. The van der Waals surface area contributed by atoms with Gasteiger partial charge in [0.05, 0.1) is 11.4 Å². The normalized spacial score (nSPS) is 18.1. The first-order valence-corrected chi connectivity index (χ1v) is 12.8. The molecule has 8 heteroatoms. The van der Waals surface area contributed by atoms with E-state index in [-0.39, 0.29) is 17.0 Å². The zero-order valence-electron chi connectivity index (χ0n) is 19.7. The molecule has 1 amide bonds. The third-order valence-corrected chi connectivity index (χ3v) is 7.96. The van der Waals surface area contributed by atoms with Gasteiger partial charge in [-0.3, -0.25) is 19.1 Å². The molecule has 0 radical (unpaired) electrons. The molecule has 0 aliphatic carbocycles. The maximum Gasteiger partial charge on any atom is 0.270 e. The highest BCUT2D eigenvalue weighted by atomic mass is 32.2. The molecule has 0 N–H and O–H groups in total. The third kappa shape index (κ3) is 4.55. The van der Waals surface area contributed by atoms with Crippen molar-refractivity contribution in [1.82, 2.24) is 9.47 Å². The van der Waals surface area contributed by atoms with Crippen LogP contribution < -0.4 is 10.5 Å². The molecule has 176 valence electrons. The first-order chi connectivity index (χ1) is 16.3. The zero-order valence-corrected chi connectivity index (χ0v) is 21.3. The lowest BCUT2D eigenvalue weighted by Crippen LogP contribution is -2.39. The van der Waals surface area contributed by atoms with Gasteiger partial charge in [-0.25, -0.2) is 0 Å². The minimum atomic E-state index is -0.273. The predicted octanol–water partition coefficient (Wildman–Crippen LogP) is 4.69. The number of piperidine rings is 1. The Balaban J connectivity index is 1.80. The number of carbonyl (C=O) groups excluding carboxylic acids is 1. The highest BCUT2D eigenvalue weighted by Gasteiger charge is 2.33. The number of nitriles is 1. The average molecular weight is 493 g/mol. The molecule has 2 aliphatic heterocycles. The summed E-state index contributed by atoms with van der Waals surface area (Å²) in [4.78, 5) is 30.8. The van der Waals surface area contributed by atoms with Crippen molar-refractivity contribution in [3.05, 3.63) is 67.8 Å². The van der Waals surface area contributed by atoms with E-state index < -0.39 is 0 Å². The highest BCUT2D eigenvalue weighted by molar-refractivity contribution is 8.26. The molecule has 2 aliphatic rings. The minimum Gasteiger partial charge on any atom is -0.357 e. The van der Waals surface area contributed by atoms with E-state index in [4.69, 9.17) is 12.2 Å². The van der Waals surface area contributed by atoms with Gasteiger partial charge in [-0.05, 0) is 49.8 Å². The fourth-order valence-electron chi connectivity index (χ4n) is 4.53. The summed E-state index contributed by atoms with van der Waals surface area (Å²) >= 11 is 6.81. The SMILES string of the molecule is CCn1c(N2CCC(C)CC2)c(/C=C2\SC(=S)N(Cc3ccccc3)C2=O)c(C)c(C#N)c1=O. The van der Waals surface area contributed by atoms with Gasteiger partial charge in [-0.15, -0.1) is 0 Å². The molecular weight excluding hydrogens is 464 g/mol. The Morgan fingerprint density at radius 3 is 2.50 bits per heavy atom. The van der Waals surface area contributed by atoms with Crippen molar-refractivity contribution in [3.8, 4) is 6.07 Å². The Labute approximate surface area is 209 Å². The van der Waals surface area contributed by atoms with E-state index in [1.165, 1.54) is 11.8 Å². The van der Waals surface area contributed by atoms with Crippen LogP contribution in [0.2, 0.25) is 0 Å². The number of thioether (sulfide) groups is 1. The number of rotatable bonds is 5. The maximum atomic E-state index is 13.3. The summed E-state index contributed by atoms with van der Waals surface area (Å²) < 4.78 is 2.19. The molecule has 2 fully saturated rings. The molecule has 2 aromatic rings. The van der Waals surface area contributed by atoms with E-state index in [1.807, 2.05) is 43.3 Å². The number of benzene rings is 1. The number of nitrogens with zero attached hydrogens (tertiary/aromatic N) is 4. The average Bonchev–Trinajstić information content (AvgIpc) is 3.09. The second-order valence-electron chi connectivity index (χ2n) is 8.82. The van der Waals surface area contributed by atoms with Gasteiger partial charge < -0.3 is 4.90 Å². The van der Waals surface area contributed by atoms with Crippen molar-refractivity contribution in [1.29, 1.82) is 5.26 Å². The van der Waals surface area contributed by atoms with Crippen molar-refractivity contribution in [2.24, 2.45) is 5.92 Å². The molecule has 0 unspecified atom stereocenters. The van der Waals surface area contributed by atoms with Crippen LogP contribution >= 0.6 is 24.0 Å². The van der Waals surface area contributed by atoms with Crippen LogP contribution in [0.15, 0.2) is 40.0 Å². The third-order valence-electron chi connectivity index (χ3n) is 6.58. The Morgan fingerprint density at radius 2 is 1.88 bits per heavy atom.